The third-order valence-electron chi connectivity index (χ3n) is 2.44. The van der Waals surface area contributed by atoms with Crippen LogP contribution in [-0.4, -0.2) is 6.54 Å². The maximum absolute atomic E-state index is 5.69. The number of hydrogen-bond donors (Lipinski definition) is 2. The van der Waals surface area contributed by atoms with E-state index in [1.165, 1.54) is 0 Å². The first kappa shape index (κ1) is 12.2. The van der Waals surface area contributed by atoms with Crippen molar-refractivity contribution < 1.29 is 4.74 Å². The van der Waals surface area contributed by atoms with Crippen LogP contribution in [-0.2, 0) is 0 Å². The van der Waals surface area contributed by atoms with Gasteiger partial charge in [0, 0.05) is 12.2 Å². The second-order valence-electron chi connectivity index (χ2n) is 3.88. The lowest BCUT2D eigenvalue weighted by atomic mass is 10.2. The van der Waals surface area contributed by atoms with Crippen LogP contribution in [0, 0.1) is 0 Å². The van der Waals surface area contributed by atoms with Gasteiger partial charge >= 0.3 is 0 Å². The summed E-state index contributed by atoms with van der Waals surface area (Å²) in [6.45, 7) is 0.545. The number of rotatable bonds is 4. The lowest BCUT2D eigenvalue weighted by Crippen LogP contribution is -1.91. The van der Waals surface area contributed by atoms with Gasteiger partial charge in [-0.1, -0.05) is 24.3 Å². The smallest absolute Gasteiger partial charge is 0.127 e. The lowest BCUT2D eigenvalue weighted by molar-refractivity contribution is 0.483. The summed E-state index contributed by atoms with van der Waals surface area (Å²) in [7, 11) is 0. The van der Waals surface area contributed by atoms with Crippen molar-refractivity contribution >= 4 is 11.8 Å². The summed E-state index contributed by atoms with van der Waals surface area (Å²) in [5.74, 6) is 1.57. The molecule has 0 unspecified atom stereocenters. The van der Waals surface area contributed by atoms with E-state index < -0.39 is 0 Å². The Morgan fingerprint density at radius 1 is 0.889 bits per heavy atom. The highest BCUT2D eigenvalue weighted by Crippen LogP contribution is 2.22. The Labute approximate surface area is 107 Å². The van der Waals surface area contributed by atoms with Gasteiger partial charge in [0.1, 0.15) is 11.5 Å². The summed E-state index contributed by atoms with van der Waals surface area (Å²) in [6.07, 6.45) is 3.89. The summed E-state index contributed by atoms with van der Waals surface area (Å²) in [5, 5.41) is 0. The summed E-state index contributed by atoms with van der Waals surface area (Å²) < 4.78 is 5.69. The fourth-order valence-electron chi connectivity index (χ4n) is 1.52. The van der Waals surface area contributed by atoms with Crippen LogP contribution in [0.15, 0.2) is 54.6 Å². The molecule has 0 atom stereocenters. The van der Waals surface area contributed by atoms with Crippen molar-refractivity contribution in [2.45, 2.75) is 0 Å². The van der Waals surface area contributed by atoms with Crippen LogP contribution >= 0.6 is 0 Å². The zero-order valence-electron chi connectivity index (χ0n) is 10.0. The summed E-state index contributed by atoms with van der Waals surface area (Å²) in [4.78, 5) is 0. The molecule has 0 bridgehead atoms. The highest BCUT2D eigenvalue weighted by Gasteiger charge is 1.96. The molecule has 18 heavy (non-hydrogen) atoms. The van der Waals surface area contributed by atoms with E-state index in [-0.39, 0.29) is 0 Å². The van der Waals surface area contributed by atoms with Crippen molar-refractivity contribution in [1.29, 1.82) is 0 Å². The predicted octanol–water partition coefficient (Wildman–Crippen LogP) is 3.03. The van der Waals surface area contributed by atoms with E-state index in [2.05, 4.69) is 0 Å². The van der Waals surface area contributed by atoms with Crippen LogP contribution in [0.3, 0.4) is 0 Å². The number of nitrogens with two attached hydrogens (primary N) is 2. The maximum atomic E-state index is 5.69. The molecule has 2 aromatic carbocycles. The van der Waals surface area contributed by atoms with Gasteiger partial charge in [0.05, 0.1) is 0 Å². The Morgan fingerprint density at radius 3 is 2.00 bits per heavy atom. The van der Waals surface area contributed by atoms with Crippen LogP contribution < -0.4 is 16.2 Å². The van der Waals surface area contributed by atoms with Gasteiger partial charge in [0.25, 0.3) is 0 Å². The van der Waals surface area contributed by atoms with Crippen molar-refractivity contribution in [2.75, 3.05) is 12.3 Å². The van der Waals surface area contributed by atoms with Crippen LogP contribution in [0.1, 0.15) is 5.56 Å². The molecule has 0 aromatic heterocycles. The molecule has 2 aromatic rings. The van der Waals surface area contributed by atoms with Crippen LogP contribution in [0.4, 0.5) is 5.69 Å². The van der Waals surface area contributed by atoms with Crippen LogP contribution in [0.2, 0.25) is 0 Å². The van der Waals surface area contributed by atoms with Crippen molar-refractivity contribution in [1.82, 2.24) is 0 Å². The summed E-state index contributed by atoms with van der Waals surface area (Å²) >= 11 is 0. The molecule has 0 aliphatic rings. The van der Waals surface area contributed by atoms with E-state index in [0.717, 1.165) is 22.7 Å². The average Bonchev–Trinajstić information content (AvgIpc) is 2.41. The van der Waals surface area contributed by atoms with Gasteiger partial charge in [-0.3, -0.25) is 0 Å². The molecule has 0 aliphatic heterocycles. The fraction of sp³-hybridized carbons (Fsp3) is 0.0667. The molecule has 3 heteroatoms. The fourth-order valence-corrected chi connectivity index (χ4v) is 1.52. The molecule has 4 N–H and O–H groups in total. The Balaban J connectivity index is 2.06. The molecule has 0 spiro atoms. The third-order valence-corrected chi connectivity index (χ3v) is 2.44. The van der Waals surface area contributed by atoms with Gasteiger partial charge in [-0.25, -0.2) is 0 Å². The van der Waals surface area contributed by atoms with Crippen molar-refractivity contribution in [2.24, 2.45) is 5.73 Å². The minimum absolute atomic E-state index is 0.545. The highest BCUT2D eigenvalue weighted by atomic mass is 16.5. The van der Waals surface area contributed by atoms with Crippen molar-refractivity contribution in [3.63, 3.8) is 0 Å². The van der Waals surface area contributed by atoms with Crippen molar-refractivity contribution in [3.8, 4) is 11.5 Å². The quantitative estimate of drug-likeness (QED) is 0.807. The van der Waals surface area contributed by atoms with Gasteiger partial charge in [-0.2, -0.15) is 0 Å². The first-order valence-corrected chi connectivity index (χ1v) is 5.78. The standard InChI is InChI=1S/C15H16N2O/c16-11-1-2-12-3-7-14(8-4-12)18-15-9-5-13(17)6-10-15/h1-10H,11,16-17H2. The van der Waals surface area contributed by atoms with Gasteiger partial charge < -0.3 is 16.2 Å². The molecule has 0 radical (unpaired) electrons. The number of hydrogen-bond acceptors (Lipinski definition) is 3. The maximum Gasteiger partial charge on any atom is 0.127 e. The summed E-state index contributed by atoms with van der Waals surface area (Å²) in [6, 6.07) is 15.1. The van der Waals surface area contributed by atoms with E-state index >= 15 is 0 Å². The Bertz CT molecular complexity index is 515. The van der Waals surface area contributed by atoms with E-state index in [1.807, 2.05) is 60.7 Å². The zero-order valence-corrected chi connectivity index (χ0v) is 10.0. The molecule has 0 heterocycles. The van der Waals surface area contributed by atoms with Crippen LogP contribution in [0.25, 0.3) is 6.08 Å². The molecule has 2 rings (SSSR count). The van der Waals surface area contributed by atoms with E-state index in [4.69, 9.17) is 16.2 Å². The Morgan fingerprint density at radius 2 is 1.44 bits per heavy atom. The second kappa shape index (κ2) is 5.89. The second-order valence-corrected chi connectivity index (χ2v) is 3.88. The first-order chi connectivity index (χ1) is 8.78. The van der Waals surface area contributed by atoms with Crippen LogP contribution in [0.5, 0.6) is 11.5 Å². The topological polar surface area (TPSA) is 61.3 Å². The van der Waals surface area contributed by atoms with Gasteiger partial charge in [0.2, 0.25) is 0 Å². The summed E-state index contributed by atoms with van der Waals surface area (Å²) in [5.41, 5.74) is 12.8. The Kier molecular flexibility index (Phi) is 3.99. The molecule has 0 amide bonds. The Hall–Kier alpha value is -2.26. The average molecular weight is 240 g/mol. The molecule has 0 saturated heterocycles. The molecular formula is C15H16N2O. The molecule has 0 saturated carbocycles. The number of benzene rings is 2. The zero-order chi connectivity index (χ0) is 12.8. The molecule has 3 nitrogen and oxygen atoms in total. The highest BCUT2D eigenvalue weighted by molar-refractivity contribution is 5.51. The minimum atomic E-state index is 0.545. The molecule has 0 aliphatic carbocycles. The molecule has 0 fully saturated rings. The van der Waals surface area contributed by atoms with E-state index in [1.54, 1.807) is 0 Å². The predicted molar refractivity (Wildman–Crippen MR) is 75.5 cm³/mol. The van der Waals surface area contributed by atoms with Gasteiger partial charge in [0.15, 0.2) is 0 Å². The van der Waals surface area contributed by atoms with E-state index in [9.17, 15) is 0 Å². The third kappa shape index (κ3) is 3.37. The van der Waals surface area contributed by atoms with Crippen molar-refractivity contribution in [3.05, 3.63) is 60.2 Å². The lowest BCUT2D eigenvalue weighted by Gasteiger charge is -2.06. The first-order valence-electron chi connectivity index (χ1n) is 5.78. The SMILES string of the molecule is NCC=Cc1ccc(Oc2ccc(N)cc2)cc1. The normalized spacial score (nSPS) is 10.7. The van der Waals surface area contributed by atoms with Gasteiger partial charge in [-0.15, -0.1) is 0 Å². The largest absolute Gasteiger partial charge is 0.457 e. The minimum Gasteiger partial charge on any atom is -0.457 e. The van der Waals surface area contributed by atoms with E-state index in [0.29, 0.717) is 6.54 Å². The number of anilines is 1. The monoisotopic (exact) mass is 240 g/mol. The van der Waals surface area contributed by atoms with Gasteiger partial charge in [-0.05, 0) is 42.0 Å². The number of ether oxygens (including phenoxy) is 1. The molecule has 92 valence electrons. The molecular weight excluding hydrogens is 224 g/mol. The number of nitrogen functional groups attached to an aromatic ring is 1.